The molecule has 2 aromatic rings. The highest BCUT2D eigenvalue weighted by Gasteiger charge is 2.15. The van der Waals surface area contributed by atoms with Gasteiger partial charge in [-0.05, 0) is 42.0 Å². The lowest BCUT2D eigenvalue weighted by atomic mass is 10.1. The average molecular weight is 358 g/mol. The Bertz CT molecular complexity index is 736. The number of halogens is 1. The molecule has 6 heteroatoms. The van der Waals surface area contributed by atoms with Crippen molar-refractivity contribution in [2.75, 3.05) is 38.2 Å². The van der Waals surface area contributed by atoms with E-state index in [1.807, 2.05) is 42.6 Å². The maximum absolute atomic E-state index is 11.4. The summed E-state index contributed by atoms with van der Waals surface area (Å²) in [6.45, 7) is 3.55. The second-order valence-electron chi connectivity index (χ2n) is 5.78. The van der Waals surface area contributed by atoms with E-state index >= 15 is 0 Å². The Morgan fingerprint density at radius 2 is 1.68 bits per heavy atom. The minimum atomic E-state index is -0.332. The maximum atomic E-state index is 11.4. The number of carbonyl (C=O) groups is 1. The molecule has 1 aliphatic rings. The average Bonchev–Trinajstić information content (AvgIpc) is 2.67. The molecule has 130 valence electrons. The highest BCUT2D eigenvalue weighted by Crippen LogP contribution is 2.19. The summed E-state index contributed by atoms with van der Waals surface area (Å²) in [6, 6.07) is 15.1. The number of hydrogen-bond acceptors (Lipinski definition) is 5. The molecule has 1 heterocycles. The molecule has 0 amide bonds. The van der Waals surface area contributed by atoms with Gasteiger partial charge in [0.2, 0.25) is 0 Å². The van der Waals surface area contributed by atoms with E-state index in [1.54, 1.807) is 12.1 Å². The summed E-state index contributed by atoms with van der Waals surface area (Å²) in [6.07, 6.45) is 1.82. The van der Waals surface area contributed by atoms with Crippen LogP contribution in [-0.2, 0) is 4.74 Å². The van der Waals surface area contributed by atoms with Crippen molar-refractivity contribution in [2.24, 2.45) is 5.10 Å². The van der Waals surface area contributed by atoms with E-state index in [4.69, 9.17) is 16.3 Å². The number of carbonyl (C=O) groups excluding carboxylic acids is 1. The molecule has 0 aliphatic carbocycles. The normalized spacial score (nSPS) is 14.8. The second kappa shape index (κ2) is 8.03. The molecule has 5 nitrogen and oxygen atoms in total. The van der Waals surface area contributed by atoms with Gasteiger partial charge in [-0.15, -0.1) is 0 Å². The molecule has 1 saturated heterocycles. The van der Waals surface area contributed by atoms with Crippen molar-refractivity contribution in [3.8, 4) is 0 Å². The monoisotopic (exact) mass is 357 g/mol. The standard InChI is InChI=1S/C19H20ClN3O2/c1-25-19(24)16-4-2-15(3-5-16)14-21-23-12-10-22(11-13-23)18-8-6-17(20)7-9-18/h2-9,14H,10-13H2,1H3/b21-14-. The summed E-state index contributed by atoms with van der Waals surface area (Å²) in [5.41, 5.74) is 2.68. The van der Waals surface area contributed by atoms with Gasteiger partial charge in [-0.3, -0.25) is 5.01 Å². The Morgan fingerprint density at radius 3 is 2.28 bits per heavy atom. The summed E-state index contributed by atoms with van der Waals surface area (Å²) in [5, 5.41) is 7.35. The topological polar surface area (TPSA) is 45.1 Å². The lowest BCUT2D eigenvalue weighted by Gasteiger charge is -2.34. The Balaban J connectivity index is 1.54. The van der Waals surface area contributed by atoms with Crippen LogP contribution in [0.25, 0.3) is 0 Å². The third-order valence-corrected chi connectivity index (χ3v) is 4.40. The van der Waals surface area contributed by atoms with Crippen LogP contribution in [0.2, 0.25) is 5.02 Å². The number of anilines is 1. The van der Waals surface area contributed by atoms with Crippen molar-refractivity contribution in [3.63, 3.8) is 0 Å². The van der Waals surface area contributed by atoms with Gasteiger partial charge in [0.1, 0.15) is 0 Å². The molecule has 0 aromatic heterocycles. The maximum Gasteiger partial charge on any atom is 0.337 e. The first-order valence-corrected chi connectivity index (χ1v) is 8.51. The molecule has 25 heavy (non-hydrogen) atoms. The summed E-state index contributed by atoms with van der Waals surface area (Å²) in [5.74, 6) is -0.332. The first-order chi connectivity index (χ1) is 12.2. The van der Waals surface area contributed by atoms with Gasteiger partial charge >= 0.3 is 5.97 Å². The first kappa shape index (κ1) is 17.3. The predicted molar refractivity (Wildman–Crippen MR) is 101 cm³/mol. The molecule has 0 atom stereocenters. The van der Waals surface area contributed by atoms with E-state index in [0.29, 0.717) is 5.56 Å². The minimum absolute atomic E-state index is 0.332. The van der Waals surface area contributed by atoms with Crippen LogP contribution in [0.15, 0.2) is 53.6 Å². The number of methoxy groups -OCH3 is 1. The number of benzene rings is 2. The van der Waals surface area contributed by atoms with Crippen molar-refractivity contribution in [2.45, 2.75) is 0 Å². The van der Waals surface area contributed by atoms with Crippen molar-refractivity contribution in [3.05, 3.63) is 64.7 Å². The number of hydrazone groups is 1. The SMILES string of the molecule is COC(=O)c1ccc(/C=N\N2CCN(c3ccc(Cl)cc3)CC2)cc1. The first-order valence-electron chi connectivity index (χ1n) is 8.13. The van der Waals surface area contributed by atoms with Crippen LogP contribution in [-0.4, -0.2) is 50.5 Å². The number of ether oxygens (including phenoxy) is 1. The van der Waals surface area contributed by atoms with Gasteiger partial charge in [0.25, 0.3) is 0 Å². The van der Waals surface area contributed by atoms with Crippen molar-refractivity contribution in [1.82, 2.24) is 5.01 Å². The van der Waals surface area contributed by atoms with Gasteiger partial charge in [0, 0.05) is 23.8 Å². The summed E-state index contributed by atoms with van der Waals surface area (Å²) < 4.78 is 4.69. The number of esters is 1. The van der Waals surface area contributed by atoms with Gasteiger partial charge in [-0.2, -0.15) is 5.10 Å². The van der Waals surface area contributed by atoms with Gasteiger partial charge < -0.3 is 9.64 Å². The number of rotatable bonds is 4. The zero-order valence-electron chi connectivity index (χ0n) is 14.1. The zero-order chi connectivity index (χ0) is 17.6. The van der Waals surface area contributed by atoms with Crippen LogP contribution >= 0.6 is 11.6 Å². The van der Waals surface area contributed by atoms with Crippen molar-refractivity contribution in [1.29, 1.82) is 0 Å². The van der Waals surface area contributed by atoms with Crippen LogP contribution in [0.1, 0.15) is 15.9 Å². The molecular weight excluding hydrogens is 338 g/mol. The summed E-state index contributed by atoms with van der Waals surface area (Å²) >= 11 is 5.94. The van der Waals surface area contributed by atoms with E-state index in [2.05, 4.69) is 15.0 Å². The Hall–Kier alpha value is -2.53. The fourth-order valence-corrected chi connectivity index (χ4v) is 2.82. The molecule has 1 aliphatic heterocycles. The van der Waals surface area contributed by atoms with Crippen LogP contribution in [0, 0.1) is 0 Å². The van der Waals surface area contributed by atoms with Gasteiger partial charge in [0.05, 0.1) is 32.0 Å². The Morgan fingerprint density at radius 1 is 1.04 bits per heavy atom. The van der Waals surface area contributed by atoms with Crippen LogP contribution in [0.5, 0.6) is 0 Å². The molecule has 2 aromatic carbocycles. The largest absolute Gasteiger partial charge is 0.465 e. The third-order valence-electron chi connectivity index (χ3n) is 4.15. The van der Waals surface area contributed by atoms with Gasteiger partial charge in [0.15, 0.2) is 0 Å². The fourth-order valence-electron chi connectivity index (χ4n) is 2.69. The van der Waals surface area contributed by atoms with Crippen molar-refractivity contribution < 1.29 is 9.53 Å². The molecule has 0 spiro atoms. The highest BCUT2D eigenvalue weighted by atomic mass is 35.5. The van der Waals surface area contributed by atoms with E-state index in [9.17, 15) is 4.79 Å². The molecular formula is C19H20ClN3O2. The number of piperazine rings is 1. The van der Waals surface area contributed by atoms with Crippen LogP contribution < -0.4 is 4.90 Å². The van der Waals surface area contributed by atoms with Gasteiger partial charge in [-0.1, -0.05) is 23.7 Å². The number of hydrogen-bond donors (Lipinski definition) is 0. The van der Waals surface area contributed by atoms with Crippen LogP contribution in [0.3, 0.4) is 0 Å². The molecule has 0 unspecified atom stereocenters. The minimum Gasteiger partial charge on any atom is -0.465 e. The van der Waals surface area contributed by atoms with Crippen LogP contribution in [0.4, 0.5) is 5.69 Å². The molecule has 0 N–H and O–H groups in total. The Labute approximate surface area is 152 Å². The fraction of sp³-hybridized carbons (Fsp3) is 0.263. The number of nitrogens with zero attached hydrogens (tertiary/aromatic N) is 3. The summed E-state index contributed by atoms with van der Waals surface area (Å²) in [7, 11) is 1.38. The highest BCUT2D eigenvalue weighted by molar-refractivity contribution is 6.30. The van der Waals surface area contributed by atoms with E-state index < -0.39 is 0 Å². The van der Waals surface area contributed by atoms with E-state index in [-0.39, 0.29) is 5.97 Å². The molecule has 1 fully saturated rings. The lowest BCUT2D eigenvalue weighted by molar-refractivity contribution is 0.0600. The summed E-state index contributed by atoms with van der Waals surface area (Å²) in [4.78, 5) is 13.7. The van der Waals surface area contributed by atoms with E-state index in [1.165, 1.54) is 12.8 Å². The molecule has 0 radical (unpaired) electrons. The predicted octanol–water partition coefficient (Wildman–Crippen LogP) is 3.28. The van der Waals surface area contributed by atoms with Crippen molar-refractivity contribution >= 4 is 29.5 Å². The quantitative estimate of drug-likeness (QED) is 0.622. The molecule has 0 bridgehead atoms. The lowest BCUT2D eigenvalue weighted by Crippen LogP contribution is -2.44. The molecule has 0 saturated carbocycles. The zero-order valence-corrected chi connectivity index (χ0v) is 14.8. The Kier molecular flexibility index (Phi) is 5.56. The second-order valence-corrected chi connectivity index (χ2v) is 6.21. The molecule has 3 rings (SSSR count). The van der Waals surface area contributed by atoms with Gasteiger partial charge in [-0.25, -0.2) is 4.79 Å². The third kappa shape index (κ3) is 4.51. The van der Waals surface area contributed by atoms with E-state index in [0.717, 1.165) is 36.8 Å². The smallest absolute Gasteiger partial charge is 0.337 e.